The maximum Gasteiger partial charge on any atom is 0.345 e. The topological polar surface area (TPSA) is 71.6 Å². The van der Waals surface area contributed by atoms with Crippen LogP contribution in [-0.4, -0.2) is 15.7 Å². The quantitative estimate of drug-likeness (QED) is 0.153. The van der Waals surface area contributed by atoms with E-state index in [1.165, 1.54) is 17.4 Å². The van der Waals surface area contributed by atoms with Crippen LogP contribution in [0.5, 0.6) is 0 Å². The number of para-hydroxylation sites is 1. The third-order valence-electron chi connectivity index (χ3n) is 6.82. The van der Waals surface area contributed by atoms with Gasteiger partial charge in [0.05, 0.1) is 28.5 Å². The van der Waals surface area contributed by atoms with Crippen LogP contribution >= 0.6 is 34.5 Å². The van der Waals surface area contributed by atoms with Crippen LogP contribution in [0.2, 0.25) is 10.2 Å². The normalized spacial score (nSPS) is 15.2. The second-order valence-electron chi connectivity index (χ2n) is 9.30. The number of benzene rings is 3. The summed E-state index contributed by atoms with van der Waals surface area (Å²) in [5, 5.41) is 11.3. The zero-order chi connectivity index (χ0) is 27.4. The number of halogens is 3. The zero-order valence-corrected chi connectivity index (χ0v) is 22.8. The van der Waals surface area contributed by atoms with E-state index in [1.807, 2.05) is 30.3 Å². The Bertz CT molecular complexity index is 2040. The van der Waals surface area contributed by atoms with Crippen LogP contribution in [0, 0.1) is 5.82 Å². The summed E-state index contributed by atoms with van der Waals surface area (Å²) in [7, 11) is 0. The van der Waals surface area contributed by atoms with Crippen LogP contribution in [0.15, 0.2) is 98.6 Å². The molecule has 3 aromatic carbocycles. The Balaban J connectivity index is 1.34. The van der Waals surface area contributed by atoms with E-state index in [0.717, 1.165) is 16.5 Å². The molecule has 40 heavy (non-hydrogen) atoms. The lowest BCUT2D eigenvalue weighted by molar-refractivity contribution is 0.563. The molecule has 1 unspecified atom stereocenters. The number of thiazole rings is 1. The van der Waals surface area contributed by atoms with Gasteiger partial charge in [-0.2, -0.15) is 5.10 Å². The van der Waals surface area contributed by atoms with Gasteiger partial charge in [-0.05, 0) is 42.5 Å². The van der Waals surface area contributed by atoms with Crippen LogP contribution in [-0.2, 0) is 0 Å². The number of hydrogen-bond acceptors (Lipinski definition) is 7. The molecule has 0 aliphatic carbocycles. The van der Waals surface area contributed by atoms with E-state index in [0.29, 0.717) is 55.2 Å². The molecule has 0 spiro atoms. The standard InChI is InChI=1S/C30H17Cl2FN4O2S/c31-18-9-10-27-17(11-18)13-20(29(38)39-27)25-15-40-30(35-25)37-26(14-24(36-37)19-6-2-3-7-22(19)33)21-12-16-5-1-4-8-23(16)34-28(21)32/h1-13,15,26H,14H2. The van der Waals surface area contributed by atoms with E-state index in [-0.39, 0.29) is 5.82 Å². The van der Waals surface area contributed by atoms with Gasteiger partial charge in [-0.25, -0.2) is 24.2 Å². The highest BCUT2D eigenvalue weighted by Crippen LogP contribution is 2.42. The summed E-state index contributed by atoms with van der Waals surface area (Å²) >= 11 is 14.2. The predicted molar refractivity (Wildman–Crippen MR) is 158 cm³/mol. The average Bonchev–Trinajstić information content (AvgIpc) is 3.61. The molecular weight excluding hydrogens is 570 g/mol. The Morgan fingerprint density at radius 1 is 0.925 bits per heavy atom. The van der Waals surface area contributed by atoms with Gasteiger partial charge in [0.1, 0.15) is 16.6 Å². The number of fused-ring (bicyclic) bond motifs is 2. The van der Waals surface area contributed by atoms with Crippen molar-refractivity contribution in [3.05, 3.63) is 122 Å². The van der Waals surface area contributed by atoms with Crippen LogP contribution in [0.3, 0.4) is 0 Å². The monoisotopic (exact) mass is 586 g/mol. The summed E-state index contributed by atoms with van der Waals surface area (Å²) in [4.78, 5) is 22.2. The molecular formula is C30H17Cl2FN4O2S. The molecule has 1 aliphatic rings. The lowest BCUT2D eigenvalue weighted by Gasteiger charge is -2.22. The van der Waals surface area contributed by atoms with E-state index >= 15 is 0 Å². The molecule has 6 aromatic rings. The predicted octanol–water partition coefficient (Wildman–Crippen LogP) is 8.27. The molecule has 0 amide bonds. The second kappa shape index (κ2) is 9.82. The molecule has 0 fully saturated rings. The molecule has 6 nitrogen and oxygen atoms in total. The van der Waals surface area contributed by atoms with Gasteiger partial charge in [-0.3, -0.25) is 0 Å². The first-order valence-corrected chi connectivity index (χ1v) is 13.9. The van der Waals surface area contributed by atoms with Crippen molar-refractivity contribution in [2.75, 3.05) is 5.01 Å². The summed E-state index contributed by atoms with van der Waals surface area (Å²) in [5.41, 5.74) is 3.14. The minimum absolute atomic E-state index is 0.303. The van der Waals surface area contributed by atoms with Crippen molar-refractivity contribution in [2.24, 2.45) is 5.10 Å². The van der Waals surface area contributed by atoms with Crippen molar-refractivity contribution in [2.45, 2.75) is 12.5 Å². The van der Waals surface area contributed by atoms with E-state index in [9.17, 15) is 9.18 Å². The molecule has 0 saturated heterocycles. The Labute approximate surface area is 240 Å². The van der Waals surface area contributed by atoms with Crippen LogP contribution in [0.25, 0.3) is 33.1 Å². The van der Waals surface area contributed by atoms with Gasteiger partial charge >= 0.3 is 5.63 Å². The van der Waals surface area contributed by atoms with E-state index in [4.69, 9.17) is 37.7 Å². The van der Waals surface area contributed by atoms with Crippen molar-refractivity contribution in [1.29, 1.82) is 0 Å². The second-order valence-corrected chi connectivity index (χ2v) is 10.9. The molecule has 4 heterocycles. The lowest BCUT2D eigenvalue weighted by atomic mass is 9.98. The molecule has 0 radical (unpaired) electrons. The number of pyridine rings is 1. The molecule has 0 N–H and O–H groups in total. The van der Waals surface area contributed by atoms with Gasteiger partial charge in [0, 0.05) is 38.7 Å². The Morgan fingerprint density at radius 2 is 1.75 bits per heavy atom. The number of nitrogens with zero attached hydrogens (tertiary/aromatic N) is 4. The maximum absolute atomic E-state index is 14.8. The van der Waals surface area contributed by atoms with Crippen molar-refractivity contribution in [3.63, 3.8) is 0 Å². The Kier molecular flexibility index (Phi) is 6.11. The fourth-order valence-corrected chi connectivity index (χ4v) is 6.17. The number of rotatable bonds is 4. The van der Waals surface area contributed by atoms with Crippen LogP contribution in [0.1, 0.15) is 23.6 Å². The van der Waals surface area contributed by atoms with Crippen LogP contribution in [0.4, 0.5) is 9.52 Å². The minimum Gasteiger partial charge on any atom is -0.422 e. The fourth-order valence-electron chi connectivity index (χ4n) is 4.90. The Morgan fingerprint density at radius 3 is 2.62 bits per heavy atom. The third kappa shape index (κ3) is 4.34. The molecule has 0 saturated carbocycles. The van der Waals surface area contributed by atoms with Crippen LogP contribution < -0.4 is 10.6 Å². The number of hydrazone groups is 1. The minimum atomic E-state index is -0.512. The first kappa shape index (κ1) is 24.9. The number of aromatic nitrogens is 2. The van der Waals surface area contributed by atoms with Crippen molar-refractivity contribution >= 4 is 67.3 Å². The highest BCUT2D eigenvalue weighted by atomic mass is 35.5. The van der Waals surface area contributed by atoms with Gasteiger partial charge in [-0.1, -0.05) is 59.6 Å². The summed E-state index contributed by atoms with van der Waals surface area (Å²) in [6, 6.07) is 22.6. The summed E-state index contributed by atoms with van der Waals surface area (Å²) in [6.07, 6.45) is 0.381. The smallest absolute Gasteiger partial charge is 0.345 e. The lowest BCUT2D eigenvalue weighted by Crippen LogP contribution is -2.19. The fraction of sp³-hybridized carbons (Fsp3) is 0.0667. The van der Waals surface area contributed by atoms with E-state index in [1.54, 1.807) is 52.9 Å². The van der Waals surface area contributed by atoms with E-state index < -0.39 is 11.7 Å². The van der Waals surface area contributed by atoms with Crippen molar-refractivity contribution in [3.8, 4) is 11.3 Å². The van der Waals surface area contributed by atoms with Gasteiger partial charge in [-0.15, -0.1) is 11.3 Å². The highest BCUT2D eigenvalue weighted by molar-refractivity contribution is 7.14. The average molecular weight is 587 g/mol. The molecule has 7 rings (SSSR count). The number of anilines is 1. The maximum atomic E-state index is 14.8. The summed E-state index contributed by atoms with van der Waals surface area (Å²) < 4.78 is 20.3. The van der Waals surface area contributed by atoms with Gasteiger partial charge in [0.2, 0.25) is 5.13 Å². The molecule has 0 bridgehead atoms. The van der Waals surface area contributed by atoms with Gasteiger partial charge in [0.25, 0.3) is 0 Å². The molecule has 1 atom stereocenters. The largest absolute Gasteiger partial charge is 0.422 e. The third-order valence-corrected chi connectivity index (χ3v) is 8.19. The number of hydrogen-bond donors (Lipinski definition) is 0. The van der Waals surface area contributed by atoms with E-state index in [2.05, 4.69) is 4.98 Å². The van der Waals surface area contributed by atoms with Crippen molar-refractivity contribution in [1.82, 2.24) is 9.97 Å². The first-order chi connectivity index (χ1) is 19.4. The van der Waals surface area contributed by atoms with Gasteiger partial charge in [0.15, 0.2) is 0 Å². The molecule has 3 aromatic heterocycles. The van der Waals surface area contributed by atoms with Gasteiger partial charge < -0.3 is 4.42 Å². The molecule has 10 heteroatoms. The highest BCUT2D eigenvalue weighted by Gasteiger charge is 2.34. The zero-order valence-electron chi connectivity index (χ0n) is 20.5. The summed E-state index contributed by atoms with van der Waals surface area (Å²) in [6.45, 7) is 0. The van der Waals surface area contributed by atoms with Crippen molar-refractivity contribution < 1.29 is 8.81 Å². The first-order valence-electron chi connectivity index (χ1n) is 12.3. The summed E-state index contributed by atoms with van der Waals surface area (Å²) in [5.74, 6) is -0.364. The molecule has 196 valence electrons. The Hall–Kier alpha value is -4.11. The SMILES string of the molecule is O=c1oc2ccc(Cl)cc2cc1-c1csc(N2N=C(c3ccccc3F)CC2c2cc3ccccc3nc2Cl)n1. The molecule has 1 aliphatic heterocycles.